The molecule has 1 aliphatic heterocycles. The summed E-state index contributed by atoms with van der Waals surface area (Å²) in [4.78, 5) is 25.7. The number of esters is 1. The molecular formula is C25H17ClO6. The molecule has 3 aromatic carbocycles. The van der Waals surface area contributed by atoms with Gasteiger partial charge in [0.15, 0.2) is 0 Å². The van der Waals surface area contributed by atoms with Crippen LogP contribution in [0.4, 0.5) is 0 Å². The third kappa shape index (κ3) is 3.29. The zero-order chi connectivity index (χ0) is 22.4. The van der Waals surface area contributed by atoms with E-state index in [9.17, 15) is 14.7 Å². The van der Waals surface area contributed by atoms with Gasteiger partial charge in [0, 0.05) is 22.6 Å². The summed E-state index contributed by atoms with van der Waals surface area (Å²) in [5.41, 5.74) is 2.02. The number of methoxy groups -OCH3 is 1. The lowest BCUT2D eigenvalue weighted by atomic mass is 9.85. The normalized spacial score (nSPS) is 15.3. The molecular weight excluding hydrogens is 432 g/mol. The first kappa shape index (κ1) is 20.2. The number of phenolic OH excluding ortho intramolecular Hbond substituents is 1. The number of benzene rings is 3. The summed E-state index contributed by atoms with van der Waals surface area (Å²) < 4.78 is 16.6. The molecule has 0 fully saturated rings. The van der Waals surface area contributed by atoms with E-state index in [-0.39, 0.29) is 34.5 Å². The highest BCUT2D eigenvalue weighted by molar-refractivity contribution is 6.30. The maximum Gasteiger partial charge on any atom is 0.312 e. The number of hydrogen-bond donors (Lipinski definition) is 1. The maximum atomic E-state index is 13.3. The highest BCUT2D eigenvalue weighted by atomic mass is 35.5. The van der Waals surface area contributed by atoms with E-state index in [4.69, 9.17) is 25.5 Å². The van der Waals surface area contributed by atoms with Gasteiger partial charge in [0.05, 0.1) is 19.1 Å². The van der Waals surface area contributed by atoms with Crippen molar-refractivity contribution in [3.63, 3.8) is 0 Å². The Bertz CT molecular complexity index is 1420. The molecule has 4 aromatic rings. The monoisotopic (exact) mass is 448 g/mol. The predicted molar refractivity (Wildman–Crippen MR) is 120 cm³/mol. The van der Waals surface area contributed by atoms with Crippen molar-refractivity contribution in [3.8, 4) is 28.4 Å². The van der Waals surface area contributed by atoms with Crippen LogP contribution in [-0.2, 0) is 4.79 Å². The van der Waals surface area contributed by atoms with Crippen LogP contribution in [0, 0.1) is 0 Å². The van der Waals surface area contributed by atoms with Crippen LogP contribution in [0.1, 0.15) is 23.5 Å². The van der Waals surface area contributed by atoms with Crippen LogP contribution >= 0.6 is 11.6 Å². The van der Waals surface area contributed by atoms with Gasteiger partial charge in [0.1, 0.15) is 34.5 Å². The summed E-state index contributed by atoms with van der Waals surface area (Å²) in [7, 11) is 1.56. The predicted octanol–water partition coefficient (Wildman–Crippen LogP) is 5.27. The minimum Gasteiger partial charge on any atom is -0.507 e. The van der Waals surface area contributed by atoms with E-state index in [0.717, 1.165) is 5.56 Å². The Morgan fingerprint density at radius 2 is 1.88 bits per heavy atom. The molecule has 0 saturated heterocycles. The number of rotatable bonds is 3. The van der Waals surface area contributed by atoms with Crippen LogP contribution in [0.15, 0.2) is 70.1 Å². The second-order valence-electron chi connectivity index (χ2n) is 7.50. The molecule has 2 heterocycles. The van der Waals surface area contributed by atoms with E-state index in [0.29, 0.717) is 21.9 Å². The fourth-order valence-electron chi connectivity index (χ4n) is 4.10. The molecule has 0 amide bonds. The summed E-state index contributed by atoms with van der Waals surface area (Å²) in [6, 6.07) is 15.4. The van der Waals surface area contributed by atoms with E-state index < -0.39 is 17.3 Å². The Morgan fingerprint density at radius 3 is 2.62 bits per heavy atom. The fraction of sp³-hybridized carbons (Fsp3) is 0.120. The van der Waals surface area contributed by atoms with Crippen molar-refractivity contribution in [1.82, 2.24) is 0 Å². The molecule has 7 heteroatoms. The molecule has 1 aliphatic rings. The molecule has 1 N–H and O–H groups in total. The third-order valence-electron chi connectivity index (χ3n) is 5.62. The fourth-order valence-corrected chi connectivity index (χ4v) is 4.23. The summed E-state index contributed by atoms with van der Waals surface area (Å²) >= 11 is 5.95. The van der Waals surface area contributed by atoms with Gasteiger partial charge in [-0.25, -0.2) is 0 Å². The van der Waals surface area contributed by atoms with Gasteiger partial charge < -0.3 is 19.0 Å². The molecule has 160 valence electrons. The van der Waals surface area contributed by atoms with Crippen LogP contribution in [0.5, 0.6) is 17.2 Å². The number of aromatic hydroxyl groups is 1. The standard InChI is InChI=1S/C25H17ClO6/c1-30-16-4-2-3-14(9-16)17-10-21(28)32-20-11-19(27)23-24(29)18(12-31-25(23)22(17)20)13-5-7-15(26)8-6-13/h2-9,11-12,17,27H,10H2,1H3/t17-/m1/s1. The average molecular weight is 449 g/mol. The molecule has 0 radical (unpaired) electrons. The SMILES string of the molecule is COc1cccc([C@H]2CC(=O)Oc3cc(O)c4c(=O)c(-c5ccc(Cl)cc5)coc4c32)c1. The average Bonchev–Trinajstić information content (AvgIpc) is 2.79. The second-order valence-corrected chi connectivity index (χ2v) is 7.94. The van der Waals surface area contributed by atoms with Gasteiger partial charge >= 0.3 is 5.97 Å². The van der Waals surface area contributed by atoms with E-state index in [2.05, 4.69) is 0 Å². The topological polar surface area (TPSA) is 86.0 Å². The molecule has 1 aromatic heterocycles. The van der Waals surface area contributed by atoms with Crippen molar-refractivity contribution < 1.29 is 23.8 Å². The Balaban J connectivity index is 1.76. The van der Waals surface area contributed by atoms with Crippen molar-refractivity contribution >= 4 is 28.5 Å². The van der Waals surface area contributed by atoms with Gasteiger partial charge in [-0.05, 0) is 35.4 Å². The Labute approximate surface area is 187 Å². The van der Waals surface area contributed by atoms with Gasteiger partial charge in [-0.15, -0.1) is 0 Å². The van der Waals surface area contributed by atoms with Crippen molar-refractivity contribution in [3.05, 3.63) is 87.2 Å². The first-order valence-electron chi connectivity index (χ1n) is 9.88. The molecule has 0 saturated carbocycles. The van der Waals surface area contributed by atoms with Crippen molar-refractivity contribution in [1.29, 1.82) is 0 Å². The minimum atomic E-state index is -0.441. The Kier molecular flexibility index (Phi) is 4.87. The minimum absolute atomic E-state index is 0.0297. The smallest absolute Gasteiger partial charge is 0.312 e. The number of carbonyl (C=O) groups is 1. The second kappa shape index (κ2) is 7.73. The quantitative estimate of drug-likeness (QED) is 0.339. The van der Waals surface area contributed by atoms with Crippen molar-refractivity contribution in [2.45, 2.75) is 12.3 Å². The van der Waals surface area contributed by atoms with Crippen molar-refractivity contribution in [2.75, 3.05) is 7.11 Å². The summed E-state index contributed by atoms with van der Waals surface area (Å²) in [6.45, 7) is 0. The number of ether oxygens (including phenoxy) is 2. The number of fused-ring (bicyclic) bond motifs is 3. The van der Waals surface area contributed by atoms with Gasteiger partial charge in [-0.2, -0.15) is 0 Å². The molecule has 0 bridgehead atoms. The number of halogens is 1. The highest BCUT2D eigenvalue weighted by Gasteiger charge is 2.33. The molecule has 1 atom stereocenters. The molecule has 5 rings (SSSR count). The zero-order valence-corrected chi connectivity index (χ0v) is 17.7. The number of phenols is 1. The Morgan fingerprint density at radius 1 is 1.09 bits per heavy atom. The van der Waals surface area contributed by atoms with Crippen molar-refractivity contribution in [2.24, 2.45) is 0 Å². The van der Waals surface area contributed by atoms with Crippen LogP contribution in [0.2, 0.25) is 5.02 Å². The van der Waals surface area contributed by atoms with E-state index in [1.165, 1.54) is 12.3 Å². The first-order valence-corrected chi connectivity index (χ1v) is 10.3. The molecule has 0 spiro atoms. The molecule has 0 unspecified atom stereocenters. The lowest BCUT2D eigenvalue weighted by Gasteiger charge is -2.26. The van der Waals surface area contributed by atoms with Crippen LogP contribution in [0.25, 0.3) is 22.1 Å². The molecule has 6 nitrogen and oxygen atoms in total. The van der Waals surface area contributed by atoms with Gasteiger partial charge in [0.2, 0.25) is 5.43 Å². The lowest BCUT2D eigenvalue weighted by Crippen LogP contribution is -2.22. The molecule has 32 heavy (non-hydrogen) atoms. The van der Waals surface area contributed by atoms with Gasteiger partial charge in [0.25, 0.3) is 0 Å². The van der Waals surface area contributed by atoms with Crippen LogP contribution in [-0.4, -0.2) is 18.2 Å². The summed E-state index contributed by atoms with van der Waals surface area (Å²) in [6.07, 6.45) is 1.41. The van der Waals surface area contributed by atoms with Gasteiger partial charge in [-0.1, -0.05) is 35.9 Å². The van der Waals surface area contributed by atoms with Crippen LogP contribution in [0.3, 0.4) is 0 Å². The molecule has 0 aliphatic carbocycles. The summed E-state index contributed by atoms with van der Waals surface area (Å²) in [5.74, 6) is -0.389. The third-order valence-corrected chi connectivity index (χ3v) is 5.87. The lowest BCUT2D eigenvalue weighted by molar-refractivity contribution is -0.135. The van der Waals surface area contributed by atoms with E-state index >= 15 is 0 Å². The van der Waals surface area contributed by atoms with E-state index in [1.807, 2.05) is 18.2 Å². The Hall–Kier alpha value is -3.77. The number of hydrogen-bond acceptors (Lipinski definition) is 6. The summed E-state index contributed by atoms with van der Waals surface area (Å²) in [5, 5.41) is 11.2. The van der Waals surface area contributed by atoms with Gasteiger partial charge in [-0.3, -0.25) is 9.59 Å². The van der Waals surface area contributed by atoms with E-state index in [1.54, 1.807) is 37.4 Å². The zero-order valence-electron chi connectivity index (χ0n) is 16.9. The highest BCUT2D eigenvalue weighted by Crippen LogP contribution is 2.46. The largest absolute Gasteiger partial charge is 0.507 e. The van der Waals surface area contributed by atoms with Crippen LogP contribution < -0.4 is 14.9 Å². The number of carbonyl (C=O) groups excluding carboxylic acids is 1. The first-order chi connectivity index (χ1) is 15.5. The maximum absolute atomic E-state index is 13.3.